The van der Waals surface area contributed by atoms with Crippen LogP contribution in [0.5, 0.6) is 0 Å². The quantitative estimate of drug-likeness (QED) is 0.743. The summed E-state index contributed by atoms with van der Waals surface area (Å²) in [5.41, 5.74) is 1.22. The van der Waals surface area contributed by atoms with Crippen LogP contribution in [-0.2, 0) is 4.79 Å². The highest BCUT2D eigenvalue weighted by Gasteiger charge is 2.25. The molecule has 7 heteroatoms. The van der Waals surface area contributed by atoms with E-state index in [2.05, 4.69) is 10.6 Å². The molecule has 2 rings (SSSR count). The Balaban J connectivity index is 1.96. The molecule has 2 atom stereocenters. The van der Waals surface area contributed by atoms with Crippen LogP contribution in [0.25, 0.3) is 0 Å². The molecule has 5 nitrogen and oxygen atoms in total. The Labute approximate surface area is 131 Å². The number of anilines is 1. The number of rotatable bonds is 3. The summed E-state index contributed by atoms with van der Waals surface area (Å²) in [5, 5.41) is 15.0. The second kappa shape index (κ2) is 6.37. The second-order valence-electron chi connectivity index (χ2n) is 4.85. The zero-order valence-electron chi connectivity index (χ0n) is 11.2. The Hall–Kier alpha value is -1.72. The maximum absolute atomic E-state index is 11.9. The molecule has 2 unspecified atom stereocenters. The Bertz CT molecular complexity index is 616. The number of hydrogen-bond donors (Lipinski definition) is 3. The minimum atomic E-state index is -0.899. The number of benzene rings is 1. The molecule has 0 bridgehead atoms. The standard InChI is InChI=1S/C14H14Cl2N2O3/c1-7-4-11(16)12(6-10(7)15)18-14(21)17-9-3-2-8(5-9)13(19)20/h2-4,6,8-9H,5H2,1H3,(H,19,20)(H2,17,18,21). The molecule has 1 aliphatic carbocycles. The number of carbonyl (C=O) groups excluding carboxylic acids is 1. The summed E-state index contributed by atoms with van der Waals surface area (Å²) in [6.45, 7) is 1.81. The number of aliphatic carboxylic acids is 1. The molecule has 0 spiro atoms. The van der Waals surface area contributed by atoms with Crippen molar-refractivity contribution in [3.05, 3.63) is 39.9 Å². The molecule has 0 aromatic heterocycles. The summed E-state index contributed by atoms with van der Waals surface area (Å²) in [4.78, 5) is 22.7. The Morgan fingerprint density at radius 3 is 2.57 bits per heavy atom. The average molecular weight is 329 g/mol. The molecule has 0 fully saturated rings. The van der Waals surface area contributed by atoms with E-state index >= 15 is 0 Å². The molecule has 0 aliphatic heterocycles. The van der Waals surface area contributed by atoms with Gasteiger partial charge in [0.05, 0.1) is 22.7 Å². The number of nitrogens with one attached hydrogen (secondary N) is 2. The van der Waals surface area contributed by atoms with Crippen molar-refractivity contribution in [3.63, 3.8) is 0 Å². The van der Waals surface area contributed by atoms with Gasteiger partial charge in [0.25, 0.3) is 0 Å². The molecule has 2 amide bonds. The van der Waals surface area contributed by atoms with E-state index in [9.17, 15) is 9.59 Å². The topological polar surface area (TPSA) is 78.4 Å². The monoisotopic (exact) mass is 328 g/mol. The van der Waals surface area contributed by atoms with Gasteiger partial charge < -0.3 is 15.7 Å². The van der Waals surface area contributed by atoms with Gasteiger partial charge in [-0.25, -0.2) is 4.79 Å². The van der Waals surface area contributed by atoms with Gasteiger partial charge in [0, 0.05) is 5.02 Å². The molecule has 0 heterocycles. The fraction of sp³-hybridized carbons (Fsp3) is 0.286. The minimum Gasteiger partial charge on any atom is -0.481 e. The van der Waals surface area contributed by atoms with Gasteiger partial charge in [0.2, 0.25) is 0 Å². The summed E-state index contributed by atoms with van der Waals surface area (Å²) in [6, 6.07) is 2.46. The summed E-state index contributed by atoms with van der Waals surface area (Å²) in [7, 11) is 0. The largest absolute Gasteiger partial charge is 0.481 e. The van der Waals surface area contributed by atoms with Crippen molar-refractivity contribution in [3.8, 4) is 0 Å². The van der Waals surface area contributed by atoms with Crippen LogP contribution < -0.4 is 10.6 Å². The van der Waals surface area contributed by atoms with Crippen LogP contribution in [0.2, 0.25) is 10.0 Å². The SMILES string of the molecule is Cc1cc(Cl)c(NC(=O)NC2C=CC(C(=O)O)C2)cc1Cl. The Morgan fingerprint density at radius 1 is 1.24 bits per heavy atom. The Kier molecular flexibility index (Phi) is 4.75. The highest BCUT2D eigenvalue weighted by molar-refractivity contribution is 6.36. The van der Waals surface area contributed by atoms with E-state index < -0.39 is 17.9 Å². The fourth-order valence-corrected chi connectivity index (χ4v) is 2.49. The van der Waals surface area contributed by atoms with Gasteiger partial charge in [0.1, 0.15) is 0 Å². The lowest BCUT2D eigenvalue weighted by molar-refractivity contribution is -0.140. The van der Waals surface area contributed by atoms with Gasteiger partial charge in [-0.2, -0.15) is 0 Å². The normalized spacial score (nSPS) is 20.3. The van der Waals surface area contributed by atoms with Gasteiger partial charge in [-0.1, -0.05) is 35.4 Å². The fourth-order valence-electron chi connectivity index (χ4n) is 2.06. The number of aryl methyl sites for hydroxylation is 1. The number of carboxylic acids is 1. The molecule has 112 valence electrons. The third-order valence-electron chi connectivity index (χ3n) is 3.21. The molecule has 1 aliphatic rings. The molecule has 1 aromatic carbocycles. The molecule has 1 aromatic rings. The van der Waals surface area contributed by atoms with Crippen molar-refractivity contribution in [2.75, 3.05) is 5.32 Å². The van der Waals surface area contributed by atoms with Gasteiger partial charge in [-0.3, -0.25) is 4.79 Å². The third-order valence-corrected chi connectivity index (χ3v) is 3.93. The van der Waals surface area contributed by atoms with Crippen LogP contribution in [0, 0.1) is 12.8 Å². The van der Waals surface area contributed by atoms with Crippen LogP contribution in [-0.4, -0.2) is 23.1 Å². The van der Waals surface area contributed by atoms with Crippen molar-refractivity contribution in [1.29, 1.82) is 0 Å². The highest BCUT2D eigenvalue weighted by atomic mass is 35.5. The first-order valence-corrected chi connectivity index (χ1v) is 7.06. The predicted molar refractivity (Wildman–Crippen MR) is 82.0 cm³/mol. The number of halogens is 2. The van der Waals surface area contributed by atoms with Crippen LogP contribution in [0.1, 0.15) is 12.0 Å². The lowest BCUT2D eigenvalue weighted by Gasteiger charge is -2.14. The highest BCUT2D eigenvalue weighted by Crippen LogP contribution is 2.28. The molecule has 0 saturated carbocycles. The van der Waals surface area contributed by atoms with Gasteiger partial charge >= 0.3 is 12.0 Å². The minimum absolute atomic E-state index is 0.314. The van der Waals surface area contributed by atoms with E-state index in [1.807, 2.05) is 6.92 Å². The van der Waals surface area contributed by atoms with Crippen molar-refractivity contribution in [1.82, 2.24) is 5.32 Å². The van der Waals surface area contributed by atoms with Crippen LogP contribution in [0.4, 0.5) is 10.5 Å². The van der Waals surface area contributed by atoms with Gasteiger partial charge in [-0.15, -0.1) is 0 Å². The van der Waals surface area contributed by atoms with E-state index in [0.29, 0.717) is 22.2 Å². The first kappa shape index (κ1) is 15.7. The lowest BCUT2D eigenvalue weighted by Crippen LogP contribution is -2.36. The molecular weight excluding hydrogens is 315 g/mol. The van der Waals surface area contributed by atoms with Crippen LogP contribution in [0.15, 0.2) is 24.3 Å². The number of hydrogen-bond acceptors (Lipinski definition) is 2. The van der Waals surface area contributed by atoms with Crippen LogP contribution >= 0.6 is 23.2 Å². The third kappa shape index (κ3) is 3.89. The smallest absolute Gasteiger partial charge is 0.319 e. The maximum Gasteiger partial charge on any atom is 0.319 e. The first-order valence-electron chi connectivity index (χ1n) is 6.31. The summed E-state index contributed by atoms with van der Waals surface area (Å²) >= 11 is 12.0. The lowest BCUT2D eigenvalue weighted by atomic mass is 10.1. The summed E-state index contributed by atoms with van der Waals surface area (Å²) < 4.78 is 0. The average Bonchev–Trinajstić information content (AvgIpc) is 2.84. The second-order valence-corrected chi connectivity index (χ2v) is 5.67. The van der Waals surface area contributed by atoms with Crippen molar-refractivity contribution < 1.29 is 14.7 Å². The van der Waals surface area contributed by atoms with E-state index in [-0.39, 0.29) is 6.04 Å². The molecule has 0 saturated heterocycles. The first-order chi connectivity index (χ1) is 9.86. The van der Waals surface area contributed by atoms with Crippen molar-refractivity contribution in [2.24, 2.45) is 5.92 Å². The molecule has 0 radical (unpaired) electrons. The Morgan fingerprint density at radius 2 is 1.95 bits per heavy atom. The van der Waals surface area contributed by atoms with Crippen molar-refractivity contribution >= 4 is 40.9 Å². The number of urea groups is 1. The van der Waals surface area contributed by atoms with Gasteiger partial charge in [-0.05, 0) is 31.0 Å². The summed E-state index contributed by atoms with van der Waals surface area (Å²) in [5.74, 6) is -1.46. The van der Waals surface area contributed by atoms with Gasteiger partial charge in [0.15, 0.2) is 0 Å². The van der Waals surface area contributed by atoms with E-state index in [4.69, 9.17) is 28.3 Å². The maximum atomic E-state index is 11.9. The van der Waals surface area contributed by atoms with E-state index in [1.165, 1.54) is 0 Å². The summed E-state index contributed by atoms with van der Waals surface area (Å²) in [6.07, 6.45) is 3.58. The van der Waals surface area contributed by atoms with Crippen molar-refractivity contribution in [2.45, 2.75) is 19.4 Å². The van der Waals surface area contributed by atoms with Crippen LogP contribution in [0.3, 0.4) is 0 Å². The van der Waals surface area contributed by atoms with E-state index in [1.54, 1.807) is 24.3 Å². The zero-order valence-corrected chi connectivity index (χ0v) is 12.7. The number of amides is 2. The van der Waals surface area contributed by atoms with E-state index in [0.717, 1.165) is 5.56 Å². The number of carbonyl (C=O) groups is 2. The zero-order chi connectivity index (χ0) is 15.6. The number of carboxylic acid groups (broad SMARTS) is 1. The molecule has 3 N–H and O–H groups in total. The predicted octanol–water partition coefficient (Wildman–Crippen LogP) is 3.45. The molecular formula is C14H14Cl2N2O3. The molecule has 21 heavy (non-hydrogen) atoms.